The molecular formula is C22H21Cl2F2N5O4S. The Labute approximate surface area is 219 Å². The molecule has 0 saturated heterocycles. The van der Waals surface area contributed by atoms with Crippen molar-refractivity contribution in [1.82, 2.24) is 20.0 Å². The minimum absolute atomic E-state index is 0.0492. The Kier molecular flexibility index (Phi) is 9.98. The van der Waals surface area contributed by atoms with Crippen molar-refractivity contribution >= 4 is 35.0 Å². The highest BCUT2D eigenvalue weighted by molar-refractivity contribution is 7.99. The zero-order valence-corrected chi connectivity index (χ0v) is 21.3. The van der Waals surface area contributed by atoms with E-state index in [-0.39, 0.29) is 23.5 Å². The Bertz CT molecular complexity index is 1220. The summed E-state index contributed by atoms with van der Waals surface area (Å²) < 4.78 is 40.7. The Morgan fingerprint density at radius 2 is 1.92 bits per heavy atom. The van der Waals surface area contributed by atoms with E-state index in [1.54, 1.807) is 0 Å². The molecule has 0 fully saturated rings. The van der Waals surface area contributed by atoms with Crippen molar-refractivity contribution in [3.63, 3.8) is 0 Å². The van der Waals surface area contributed by atoms with Crippen molar-refractivity contribution in [3.8, 4) is 17.3 Å². The Hall–Kier alpha value is -2.37. The predicted molar refractivity (Wildman–Crippen MR) is 128 cm³/mol. The van der Waals surface area contributed by atoms with Crippen LogP contribution in [0, 0.1) is 23.0 Å². The lowest BCUT2D eigenvalue weighted by Gasteiger charge is -2.30. The highest BCUT2D eigenvalue weighted by Gasteiger charge is 2.30. The van der Waals surface area contributed by atoms with Gasteiger partial charge in [-0.15, -0.1) is 5.10 Å². The number of benzene rings is 1. The number of nitriles is 1. The summed E-state index contributed by atoms with van der Waals surface area (Å²) in [6.45, 7) is 1.03. The summed E-state index contributed by atoms with van der Waals surface area (Å²) in [5.41, 5.74) is -0.463. The second-order valence-electron chi connectivity index (χ2n) is 7.55. The lowest BCUT2D eigenvalue weighted by atomic mass is 10.1. The van der Waals surface area contributed by atoms with E-state index >= 15 is 0 Å². The van der Waals surface area contributed by atoms with Gasteiger partial charge in [-0.2, -0.15) is 5.26 Å². The van der Waals surface area contributed by atoms with Gasteiger partial charge < -0.3 is 19.7 Å². The minimum atomic E-state index is -1.02. The van der Waals surface area contributed by atoms with Gasteiger partial charge in [0.05, 0.1) is 30.5 Å². The minimum Gasteiger partial charge on any atom is -0.394 e. The smallest absolute Gasteiger partial charge is 0.154 e. The third-order valence-electron chi connectivity index (χ3n) is 4.99. The van der Waals surface area contributed by atoms with E-state index in [9.17, 15) is 24.3 Å². The van der Waals surface area contributed by atoms with Crippen LogP contribution in [0.5, 0.6) is 0 Å². The first-order valence-electron chi connectivity index (χ1n) is 10.4. The highest BCUT2D eigenvalue weighted by atomic mass is 35.5. The fraction of sp³-hybridized carbons (Fsp3) is 0.364. The van der Waals surface area contributed by atoms with E-state index in [1.807, 2.05) is 6.07 Å². The molecule has 0 aliphatic rings. The number of thioether (sulfide) groups is 1. The van der Waals surface area contributed by atoms with Gasteiger partial charge in [0.2, 0.25) is 0 Å². The van der Waals surface area contributed by atoms with Crippen LogP contribution in [-0.4, -0.2) is 67.7 Å². The number of aliphatic hydroxyl groups is 2. The van der Waals surface area contributed by atoms with Crippen molar-refractivity contribution in [1.29, 1.82) is 5.26 Å². The number of halogens is 4. The Balaban J connectivity index is 1.89. The number of rotatable bonds is 11. The van der Waals surface area contributed by atoms with E-state index in [2.05, 4.69) is 15.3 Å². The summed E-state index contributed by atoms with van der Waals surface area (Å²) in [7, 11) is 1.42. The molecule has 0 amide bonds. The monoisotopic (exact) mass is 559 g/mol. The van der Waals surface area contributed by atoms with Gasteiger partial charge in [-0.05, 0) is 25.1 Å². The van der Waals surface area contributed by atoms with Gasteiger partial charge in [-0.1, -0.05) is 40.2 Å². The van der Waals surface area contributed by atoms with Gasteiger partial charge in [0.1, 0.15) is 46.1 Å². The van der Waals surface area contributed by atoms with E-state index in [0.717, 1.165) is 23.9 Å². The normalized spacial score (nSPS) is 14.8. The quantitative estimate of drug-likeness (QED) is 0.205. The predicted octanol–water partition coefficient (Wildman–Crippen LogP) is 3.69. The Morgan fingerprint density at radius 3 is 2.50 bits per heavy atom. The summed E-state index contributed by atoms with van der Waals surface area (Å²) in [6.07, 6.45) is 0.0387. The SMILES string of the molecule is CO[C@@H](Cn1cc(-c2cc(F)c(Cl)c(F)c2)nn1)C(OC(CO)[C@@H](C)O)Sc1cc(Cl)cnc1C#N. The first-order chi connectivity index (χ1) is 17.2. The molecule has 2 aromatic heterocycles. The third-order valence-corrected chi connectivity index (χ3v) is 6.77. The largest absolute Gasteiger partial charge is 0.394 e. The van der Waals surface area contributed by atoms with Crippen molar-refractivity contribution in [2.45, 2.75) is 42.1 Å². The van der Waals surface area contributed by atoms with Crippen LogP contribution < -0.4 is 0 Å². The molecule has 3 aromatic rings. The number of aromatic nitrogens is 4. The molecule has 14 heteroatoms. The van der Waals surface area contributed by atoms with E-state index < -0.39 is 47.0 Å². The number of nitrogens with zero attached hydrogens (tertiary/aromatic N) is 5. The van der Waals surface area contributed by atoms with Crippen molar-refractivity contribution < 1.29 is 28.5 Å². The maximum absolute atomic E-state index is 13.9. The van der Waals surface area contributed by atoms with Crippen LogP contribution in [0.3, 0.4) is 0 Å². The van der Waals surface area contributed by atoms with Gasteiger partial charge >= 0.3 is 0 Å². The number of pyridine rings is 1. The molecule has 192 valence electrons. The third kappa shape index (κ3) is 6.89. The first-order valence-corrected chi connectivity index (χ1v) is 12.0. The second-order valence-corrected chi connectivity index (χ2v) is 9.50. The molecule has 36 heavy (non-hydrogen) atoms. The molecule has 1 aromatic carbocycles. The van der Waals surface area contributed by atoms with E-state index in [1.165, 1.54) is 37.2 Å². The number of hydrogen-bond acceptors (Lipinski definition) is 9. The van der Waals surface area contributed by atoms with Crippen LogP contribution in [0.1, 0.15) is 12.6 Å². The fourth-order valence-corrected chi connectivity index (χ4v) is 4.61. The summed E-state index contributed by atoms with van der Waals surface area (Å²) in [5, 5.41) is 36.7. The molecule has 3 rings (SSSR count). The molecular weight excluding hydrogens is 539 g/mol. The first kappa shape index (κ1) is 28.2. The topological polar surface area (TPSA) is 126 Å². The molecule has 0 spiro atoms. The number of aliphatic hydroxyl groups excluding tert-OH is 2. The summed E-state index contributed by atoms with van der Waals surface area (Å²) >= 11 is 12.7. The molecule has 0 aliphatic heterocycles. The molecule has 0 bridgehead atoms. The number of ether oxygens (including phenoxy) is 2. The molecule has 2 heterocycles. The summed E-state index contributed by atoms with van der Waals surface area (Å²) in [6, 6.07) is 5.59. The number of hydrogen-bond donors (Lipinski definition) is 2. The summed E-state index contributed by atoms with van der Waals surface area (Å²) in [4.78, 5) is 4.40. The molecule has 0 aliphatic carbocycles. The van der Waals surface area contributed by atoms with E-state index in [4.69, 9.17) is 32.7 Å². The van der Waals surface area contributed by atoms with Gasteiger partial charge in [0, 0.05) is 23.8 Å². The van der Waals surface area contributed by atoms with Crippen molar-refractivity contribution in [2.24, 2.45) is 0 Å². The van der Waals surface area contributed by atoms with Gasteiger partial charge in [0.25, 0.3) is 0 Å². The zero-order valence-electron chi connectivity index (χ0n) is 19.0. The van der Waals surface area contributed by atoms with Gasteiger partial charge in [-0.3, -0.25) is 0 Å². The molecule has 9 nitrogen and oxygen atoms in total. The number of methoxy groups -OCH3 is 1. The molecule has 0 saturated carbocycles. The van der Waals surface area contributed by atoms with Crippen LogP contribution in [0.2, 0.25) is 10.0 Å². The second kappa shape index (κ2) is 12.7. The van der Waals surface area contributed by atoms with Gasteiger partial charge in [0.15, 0.2) is 5.69 Å². The van der Waals surface area contributed by atoms with E-state index in [0.29, 0.717) is 9.92 Å². The molecule has 0 radical (unpaired) electrons. The van der Waals surface area contributed by atoms with Crippen molar-refractivity contribution in [2.75, 3.05) is 13.7 Å². The van der Waals surface area contributed by atoms with Crippen LogP contribution >= 0.6 is 35.0 Å². The maximum atomic E-state index is 13.9. The summed E-state index contributed by atoms with van der Waals surface area (Å²) in [5.74, 6) is -1.87. The molecule has 4 atom stereocenters. The standard InChI is InChI=1S/C22H21Cl2F2N5O4S/c1-11(33)19(10-32)35-22(36-20-5-13(23)7-28-16(20)6-27)18(34-2)9-31-8-17(29-30-31)12-3-14(25)21(24)15(26)4-12/h3-5,7-8,11,18-19,22,32-33H,9-10H2,1-2H3/t11-,18+,19?,22?/m1/s1. The van der Waals surface area contributed by atoms with Crippen LogP contribution in [0.25, 0.3) is 11.3 Å². The fourth-order valence-electron chi connectivity index (χ4n) is 3.07. The average molecular weight is 560 g/mol. The Morgan fingerprint density at radius 1 is 1.22 bits per heavy atom. The van der Waals surface area contributed by atoms with Crippen LogP contribution in [0.4, 0.5) is 8.78 Å². The zero-order chi connectivity index (χ0) is 26.4. The highest BCUT2D eigenvalue weighted by Crippen LogP contribution is 2.33. The lowest BCUT2D eigenvalue weighted by Crippen LogP contribution is -2.40. The van der Waals surface area contributed by atoms with Gasteiger partial charge in [-0.25, -0.2) is 18.4 Å². The van der Waals surface area contributed by atoms with Crippen LogP contribution in [0.15, 0.2) is 35.5 Å². The van der Waals surface area contributed by atoms with Crippen LogP contribution in [-0.2, 0) is 16.0 Å². The molecule has 2 N–H and O–H groups in total. The average Bonchev–Trinajstić information content (AvgIpc) is 3.32. The maximum Gasteiger partial charge on any atom is 0.154 e. The van der Waals surface area contributed by atoms with Crippen molar-refractivity contribution in [3.05, 3.63) is 58.0 Å². The molecule has 2 unspecified atom stereocenters. The lowest BCUT2D eigenvalue weighted by molar-refractivity contribution is -0.105.